The van der Waals surface area contributed by atoms with E-state index in [-0.39, 0.29) is 11.6 Å². The number of esters is 1. The average molecular weight is 196 g/mol. The average Bonchev–Trinajstić information content (AvgIpc) is 2.90. The Labute approximate surface area is 84.1 Å². The summed E-state index contributed by atoms with van der Waals surface area (Å²) in [6.45, 7) is 2.23. The molecule has 0 bridgehead atoms. The quantitative estimate of drug-likeness (QED) is 0.392. The maximum atomic E-state index is 11.1. The van der Waals surface area contributed by atoms with Crippen LogP contribution in [0.15, 0.2) is 12.2 Å². The van der Waals surface area contributed by atoms with E-state index < -0.39 is 0 Å². The molecular weight excluding hydrogens is 180 g/mol. The molecule has 0 amide bonds. The Morgan fingerprint density at radius 1 is 1.64 bits per heavy atom. The van der Waals surface area contributed by atoms with Crippen LogP contribution in [0.25, 0.3) is 0 Å². The van der Waals surface area contributed by atoms with Gasteiger partial charge in [0.15, 0.2) is 0 Å². The standard InChI is InChI=1S/C11H16O3/c1-2-5-10(12)13-8-11-7-4-3-6-9(11)14-11/h2,5,9H,3-4,6-8H2,1H3. The molecule has 0 N–H and O–H groups in total. The third kappa shape index (κ3) is 1.82. The number of carbonyl (C=O) groups is 1. The van der Waals surface area contributed by atoms with Crippen LogP contribution in [0.2, 0.25) is 0 Å². The smallest absolute Gasteiger partial charge is 0.330 e. The predicted molar refractivity (Wildman–Crippen MR) is 51.8 cm³/mol. The Balaban J connectivity index is 1.78. The monoisotopic (exact) mass is 196 g/mol. The summed E-state index contributed by atoms with van der Waals surface area (Å²) in [6.07, 6.45) is 8.09. The highest BCUT2D eigenvalue weighted by Gasteiger charge is 2.57. The summed E-state index contributed by atoms with van der Waals surface area (Å²) < 4.78 is 10.7. The second-order valence-corrected chi connectivity index (χ2v) is 4.02. The second kappa shape index (κ2) is 3.73. The molecule has 0 radical (unpaired) electrons. The van der Waals surface area contributed by atoms with Crippen LogP contribution in [0.5, 0.6) is 0 Å². The molecule has 1 aliphatic heterocycles. The highest BCUT2D eigenvalue weighted by atomic mass is 16.6. The summed E-state index contributed by atoms with van der Waals surface area (Å²) >= 11 is 0. The summed E-state index contributed by atoms with van der Waals surface area (Å²) in [5.41, 5.74) is -0.102. The fourth-order valence-electron chi connectivity index (χ4n) is 2.12. The van der Waals surface area contributed by atoms with Gasteiger partial charge in [-0.05, 0) is 19.8 Å². The number of rotatable bonds is 3. The first kappa shape index (κ1) is 9.71. The van der Waals surface area contributed by atoms with Crippen LogP contribution in [0.1, 0.15) is 32.6 Å². The lowest BCUT2D eigenvalue weighted by molar-refractivity contribution is -0.139. The van der Waals surface area contributed by atoms with E-state index in [1.165, 1.54) is 18.9 Å². The minimum Gasteiger partial charge on any atom is -0.459 e. The molecule has 2 fully saturated rings. The Morgan fingerprint density at radius 3 is 3.21 bits per heavy atom. The first-order valence-corrected chi connectivity index (χ1v) is 5.24. The van der Waals surface area contributed by atoms with E-state index in [1.807, 2.05) is 0 Å². The molecule has 3 nitrogen and oxygen atoms in total. The third-order valence-electron chi connectivity index (χ3n) is 2.98. The highest BCUT2D eigenvalue weighted by molar-refractivity contribution is 5.81. The summed E-state index contributed by atoms with van der Waals surface area (Å²) in [4.78, 5) is 11.1. The SMILES string of the molecule is CC=CC(=O)OCC12CCCCC1O2. The lowest BCUT2D eigenvalue weighted by Gasteiger charge is -2.16. The van der Waals surface area contributed by atoms with Gasteiger partial charge in [-0.2, -0.15) is 0 Å². The number of hydrogen-bond donors (Lipinski definition) is 0. The van der Waals surface area contributed by atoms with E-state index in [0.717, 1.165) is 12.8 Å². The summed E-state index contributed by atoms with van der Waals surface area (Å²) in [6, 6.07) is 0. The molecule has 0 aromatic rings. The number of ether oxygens (including phenoxy) is 2. The molecule has 1 saturated heterocycles. The minimum absolute atomic E-state index is 0.102. The van der Waals surface area contributed by atoms with Crippen LogP contribution in [0.3, 0.4) is 0 Å². The van der Waals surface area contributed by atoms with Crippen molar-refractivity contribution in [3.8, 4) is 0 Å². The fourth-order valence-corrected chi connectivity index (χ4v) is 2.12. The van der Waals surface area contributed by atoms with Crippen molar-refractivity contribution in [1.29, 1.82) is 0 Å². The van der Waals surface area contributed by atoms with Gasteiger partial charge in [-0.25, -0.2) is 4.79 Å². The first-order chi connectivity index (χ1) is 6.77. The van der Waals surface area contributed by atoms with Gasteiger partial charge in [0.25, 0.3) is 0 Å². The maximum Gasteiger partial charge on any atom is 0.330 e. The molecule has 0 spiro atoms. The largest absolute Gasteiger partial charge is 0.459 e. The lowest BCUT2D eigenvalue weighted by Crippen LogP contribution is -2.26. The van der Waals surface area contributed by atoms with Crippen LogP contribution in [-0.2, 0) is 14.3 Å². The Morgan fingerprint density at radius 2 is 2.50 bits per heavy atom. The molecule has 2 atom stereocenters. The van der Waals surface area contributed by atoms with Gasteiger partial charge in [0.2, 0.25) is 0 Å². The molecule has 14 heavy (non-hydrogen) atoms. The molecule has 0 aromatic heterocycles. The van der Waals surface area contributed by atoms with Gasteiger partial charge in [-0.15, -0.1) is 0 Å². The van der Waals surface area contributed by atoms with E-state index in [1.54, 1.807) is 13.0 Å². The predicted octanol–water partition coefficient (Wildman–Crippen LogP) is 1.82. The van der Waals surface area contributed by atoms with E-state index in [0.29, 0.717) is 12.7 Å². The van der Waals surface area contributed by atoms with Gasteiger partial charge in [-0.1, -0.05) is 18.9 Å². The molecule has 0 aromatic carbocycles. The highest BCUT2D eigenvalue weighted by Crippen LogP contribution is 2.47. The summed E-state index contributed by atoms with van der Waals surface area (Å²) in [5, 5.41) is 0. The fraction of sp³-hybridized carbons (Fsp3) is 0.727. The Bertz CT molecular complexity index is 259. The number of fused-ring (bicyclic) bond motifs is 1. The van der Waals surface area contributed by atoms with Gasteiger partial charge < -0.3 is 9.47 Å². The number of epoxide rings is 1. The molecule has 1 saturated carbocycles. The molecule has 1 heterocycles. The number of carbonyl (C=O) groups excluding carboxylic acids is 1. The summed E-state index contributed by atoms with van der Waals surface area (Å²) in [5.74, 6) is -0.262. The molecule has 3 heteroatoms. The zero-order valence-electron chi connectivity index (χ0n) is 8.49. The van der Waals surface area contributed by atoms with Gasteiger partial charge in [0, 0.05) is 6.08 Å². The Hall–Kier alpha value is -0.830. The van der Waals surface area contributed by atoms with Crippen molar-refractivity contribution in [2.24, 2.45) is 0 Å². The Kier molecular flexibility index (Phi) is 2.59. The van der Waals surface area contributed by atoms with Crippen molar-refractivity contribution in [1.82, 2.24) is 0 Å². The second-order valence-electron chi connectivity index (χ2n) is 4.02. The van der Waals surface area contributed by atoms with Crippen LogP contribution in [0.4, 0.5) is 0 Å². The zero-order chi connectivity index (χ0) is 10.0. The van der Waals surface area contributed by atoms with Gasteiger partial charge in [-0.3, -0.25) is 0 Å². The van der Waals surface area contributed by atoms with E-state index in [2.05, 4.69) is 0 Å². The zero-order valence-corrected chi connectivity index (χ0v) is 8.49. The van der Waals surface area contributed by atoms with E-state index in [4.69, 9.17) is 9.47 Å². The van der Waals surface area contributed by atoms with E-state index >= 15 is 0 Å². The molecule has 2 rings (SSSR count). The van der Waals surface area contributed by atoms with Crippen LogP contribution in [0, 0.1) is 0 Å². The molecular formula is C11H16O3. The van der Waals surface area contributed by atoms with Crippen LogP contribution >= 0.6 is 0 Å². The molecule has 78 valence electrons. The third-order valence-corrected chi connectivity index (χ3v) is 2.98. The molecule has 2 aliphatic rings. The first-order valence-electron chi connectivity index (χ1n) is 5.24. The topological polar surface area (TPSA) is 38.8 Å². The van der Waals surface area contributed by atoms with Crippen molar-refractivity contribution >= 4 is 5.97 Å². The van der Waals surface area contributed by atoms with Crippen molar-refractivity contribution in [3.63, 3.8) is 0 Å². The lowest BCUT2D eigenvalue weighted by atomic mass is 9.90. The summed E-state index contributed by atoms with van der Waals surface area (Å²) in [7, 11) is 0. The van der Waals surface area contributed by atoms with E-state index in [9.17, 15) is 4.79 Å². The van der Waals surface area contributed by atoms with Crippen LogP contribution < -0.4 is 0 Å². The van der Waals surface area contributed by atoms with Crippen molar-refractivity contribution < 1.29 is 14.3 Å². The number of hydrogen-bond acceptors (Lipinski definition) is 3. The minimum atomic E-state index is -0.262. The molecule has 2 unspecified atom stereocenters. The van der Waals surface area contributed by atoms with Crippen molar-refractivity contribution in [3.05, 3.63) is 12.2 Å². The van der Waals surface area contributed by atoms with Crippen LogP contribution in [-0.4, -0.2) is 24.3 Å². The van der Waals surface area contributed by atoms with Crippen molar-refractivity contribution in [2.45, 2.75) is 44.3 Å². The van der Waals surface area contributed by atoms with Gasteiger partial charge >= 0.3 is 5.97 Å². The van der Waals surface area contributed by atoms with Gasteiger partial charge in [0.1, 0.15) is 12.2 Å². The maximum absolute atomic E-state index is 11.1. The van der Waals surface area contributed by atoms with Gasteiger partial charge in [0.05, 0.1) is 6.10 Å². The normalized spacial score (nSPS) is 35.4. The van der Waals surface area contributed by atoms with Crippen molar-refractivity contribution in [2.75, 3.05) is 6.61 Å². The molecule has 1 aliphatic carbocycles. The number of allylic oxidation sites excluding steroid dienone is 1.